The monoisotopic (exact) mass is 326 g/mol. The van der Waals surface area contributed by atoms with Crippen molar-refractivity contribution in [3.05, 3.63) is 12.2 Å². The van der Waals surface area contributed by atoms with E-state index in [-0.39, 0.29) is 12.5 Å². The van der Waals surface area contributed by atoms with Crippen molar-refractivity contribution in [2.45, 2.75) is 77.2 Å². The Labute approximate surface area is 140 Å². The maximum atomic E-state index is 10.4. The van der Waals surface area contributed by atoms with E-state index in [0.29, 0.717) is 11.8 Å². The van der Waals surface area contributed by atoms with Crippen molar-refractivity contribution in [3.8, 4) is 0 Å². The van der Waals surface area contributed by atoms with E-state index in [9.17, 15) is 9.90 Å². The Hall–Kier alpha value is -0.870. The fourth-order valence-corrected chi connectivity index (χ4v) is 3.13. The highest BCUT2D eigenvalue weighted by atomic mass is 16.5. The first-order chi connectivity index (χ1) is 11.1. The van der Waals surface area contributed by atoms with Crippen LogP contribution in [0.25, 0.3) is 0 Å². The molecule has 0 saturated carbocycles. The third-order valence-electron chi connectivity index (χ3n) is 4.65. The zero-order valence-corrected chi connectivity index (χ0v) is 14.6. The molecule has 1 rings (SSSR count). The molecule has 0 aliphatic carbocycles. The Kier molecular flexibility index (Phi) is 11.0. The fraction of sp³-hybridized carbons (Fsp3) is 0.842. The van der Waals surface area contributed by atoms with Gasteiger partial charge in [-0.2, -0.15) is 0 Å². The van der Waals surface area contributed by atoms with Crippen LogP contribution in [0.1, 0.15) is 71.1 Å². The first kappa shape index (κ1) is 20.2. The minimum absolute atomic E-state index is 0.286. The van der Waals surface area contributed by atoms with E-state index in [4.69, 9.17) is 9.84 Å². The van der Waals surface area contributed by atoms with Gasteiger partial charge in [0.1, 0.15) is 0 Å². The number of aliphatic hydroxyl groups is 1. The summed E-state index contributed by atoms with van der Waals surface area (Å²) < 4.78 is 5.60. The summed E-state index contributed by atoms with van der Waals surface area (Å²) in [6.07, 6.45) is 13.5. The van der Waals surface area contributed by atoms with Crippen LogP contribution in [0.3, 0.4) is 0 Å². The minimum atomic E-state index is -0.697. The van der Waals surface area contributed by atoms with E-state index in [1.807, 2.05) is 6.08 Å². The number of rotatable bonds is 13. The molecule has 1 fully saturated rings. The third kappa shape index (κ3) is 9.77. The molecule has 1 saturated heterocycles. The van der Waals surface area contributed by atoms with E-state index >= 15 is 0 Å². The van der Waals surface area contributed by atoms with Crippen LogP contribution in [0.5, 0.6) is 0 Å². The molecule has 0 aromatic heterocycles. The molecular weight excluding hydrogens is 292 g/mol. The number of aliphatic hydroxyl groups excluding tert-OH is 1. The highest BCUT2D eigenvalue weighted by Gasteiger charge is 2.25. The van der Waals surface area contributed by atoms with Gasteiger partial charge in [0.2, 0.25) is 0 Å². The first-order valence-corrected chi connectivity index (χ1v) is 9.29. The number of aliphatic carboxylic acids is 1. The number of unbranched alkanes of at least 4 members (excludes halogenated alkanes) is 5. The van der Waals surface area contributed by atoms with Crippen molar-refractivity contribution in [2.75, 3.05) is 13.2 Å². The smallest absolute Gasteiger partial charge is 0.303 e. The Morgan fingerprint density at radius 3 is 2.70 bits per heavy atom. The van der Waals surface area contributed by atoms with Crippen LogP contribution in [0.2, 0.25) is 0 Å². The molecular formula is C19H34O4. The normalized spacial score (nSPS) is 22.7. The second kappa shape index (κ2) is 12.5. The lowest BCUT2D eigenvalue weighted by atomic mass is 9.90. The standard InChI is InChI=1S/C19H34O4/c1-2-3-6-10-18(20)13-12-17-15-23-14-16(17)9-7-4-5-8-11-19(21)22/h12-13,16-18,20H,2-11,14-15H2,1H3,(H,21,22)/t16-,17+,18?/m0/s1. The summed E-state index contributed by atoms with van der Waals surface area (Å²) in [5, 5.41) is 18.6. The van der Waals surface area contributed by atoms with Crippen molar-refractivity contribution in [3.63, 3.8) is 0 Å². The summed E-state index contributed by atoms with van der Waals surface area (Å²) in [7, 11) is 0. The Morgan fingerprint density at radius 2 is 1.96 bits per heavy atom. The van der Waals surface area contributed by atoms with E-state index in [0.717, 1.165) is 58.2 Å². The summed E-state index contributed by atoms with van der Waals surface area (Å²) in [6, 6.07) is 0. The molecule has 1 aliphatic heterocycles. The van der Waals surface area contributed by atoms with E-state index in [2.05, 4.69) is 13.0 Å². The molecule has 4 nitrogen and oxygen atoms in total. The summed E-state index contributed by atoms with van der Waals surface area (Å²) in [5.74, 6) is 0.278. The van der Waals surface area contributed by atoms with Gasteiger partial charge in [-0.15, -0.1) is 0 Å². The van der Waals surface area contributed by atoms with Crippen molar-refractivity contribution in [1.29, 1.82) is 0 Å². The van der Waals surface area contributed by atoms with Gasteiger partial charge < -0.3 is 14.9 Å². The van der Waals surface area contributed by atoms with Gasteiger partial charge in [0, 0.05) is 12.3 Å². The van der Waals surface area contributed by atoms with E-state index in [1.54, 1.807) is 0 Å². The zero-order chi connectivity index (χ0) is 16.9. The summed E-state index contributed by atoms with van der Waals surface area (Å²) in [6.45, 7) is 3.75. The van der Waals surface area contributed by atoms with Crippen LogP contribution in [-0.2, 0) is 9.53 Å². The predicted molar refractivity (Wildman–Crippen MR) is 92.4 cm³/mol. The molecule has 1 unspecified atom stereocenters. The minimum Gasteiger partial charge on any atom is -0.481 e. The van der Waals surface area contributed by atoms with Crippen LogP contribution in [-0.4, -0.2) is 35.5 Å². The molecule has 0 radical (unpaired) electrons. The average molecular weight is 326 g/mol. The molecule has 3 atom stereocenters. The molecule has 0 aromatic rings. The van der Waals surface area contributed by atoms with Crippen LogP contribution < -0.4 is 0 Å². The van der Waals surface area contributed by atoms with Crippen LogP contribution in [0, 0.1) is 11.8 Å². The molecule has 0 spiro atoms. The van der Waals surface area contributed by atoms with Gasteiger partial charge in [-0.1, -0.05) is 57.6 Å². The topological polar surface area (TPSA) is 66.8 Å². The number of carboxylic acid groups (broad SMARTS) is 1. The summed E-state index contributed by atoms with van der Waals surface area (Å²) >= 11 is 0. The van der Waals surface area contributed by atoms with Gasteiger partial charge in [-0.25, -0.2) is 0 Å². The van der Waals surface area contributed by atoms with Crippen LogP contribution >= 0.6 is 0 Å². The van der Waals surface area contributed by atoms with Gasteiger partial charge in [0.15, 0.2) is 0 Å². The largest absolute Gasteiger partial charge is 0.481 e. The number of hydrogen-bond acceptors (Lipinski definition) is 3. The van der Waals surface area contributed by atoms with Crippen molar-refractivity contribution >= 4 is 5.97 Å². The first-order valence-electron chi connectivity index (χ1n) is 9.29. The summed E-state index contributed by atoms with van der Waals surface area (Å²) in [5.41, 5.74) is 0. The van der Waals surface area contributed by atoms with Gasteiger partial charge in [-0.05, 0) is 25.2 Å². The van der Waals surface area contributed by atoms with Crippen molar-refractivity contribution in [2.24, 2.45) is 11.8 Å². The lowest BCUT2D eigenvalue weighted by Gasteiger charge is -2.14. The second-order valence-corrected chi connectivity index (χ2v) is 6.76. The number of ether oxygens (including phenoxy) is 1. The molecule has 1 aliphatic rings. The Bertz CT molecular complexity index is 340. The molecule has 0 bridgehead atoms. The van der Waals surface area contributed by atoms with Crippen molar-refractivity contribution in [1.82, 2.24) is 0 Å². The predicted octanol–water partition coefficient (Wildman–Crippen LogP) is 4.17. The SMILES string of the molecule is CCCCCC(O)C=C[C@@H]1COC[C@@H]1CCCCCCC(=O)O. The van der Waals surface area contributed by atoms with E-state index in [1.165, 1.54) is 12.8 Å². The highest BCUT2D eigenvalue weighted by Crippen LogP contribution is 2.27. The maximum absolute atomic E-state index is 10.4. The number of carbonyl (C=O) groups is 1. The van der Waals surface area contributed by atoms with Gasteiger partial charge >= 0.3 is 5.97 Å². The average Bonchev–Trinajstić information content (AvgIpc) is 2.96. The number of hydrogen-bond donors (Lipinski definition) is 2. The van der Waals surface area contributed by atoms with E-state index < -0.39 is 5.97 Å². The van der Waals surface area contributed by atoms with Crippen LogP contribution in [0.4, 0.5) is 0 Å². The molecule has 1 heterocycles. The van der Waals surface area contributed by atoms with Gasteiger partial charge in [0.25, 0.3) is 0 Å². The number of carboxylic acids is 1. The molecule has 0 amide bonds. The molecule has 134 valence electrons. The van der Waals surface area contributed by atoms with Gasteiger partial charge in [0.05, 0.1) is 19.3 Å². The molecule has 4 heteroatoms. The highest BCUT2D eigenvalue weighted by molar-refractivity contribution is 5.66. The Balaban J connectivity index is 2.16. The lowest BCUT2D eigenvalue weighted by molar-refractivity contribution is -0.137. The lowest BCUT2D eigenvalue weighted by Crippen LogP contribution is -2.11. The summed E-state index contributed by atoms with van der Waals surface area (Å²) in [4.78, 5) is 10.4. The zero-order valence-electron chi connectivity index (χ0n) is 14.6. The molecule has 23 heavy (non-hydrogen) atoms. The fourth-order valence-electron chi connectivity index (χ4n) is 3.13. The quantitative estimate of drug-likeness (QED) is 0.394. The van der Waals surface area contributed by atoms with Gasteiger partial charge in [-0.3, -0.25) is 4.79 Å². The second-order valence-electron chi connectivity index (χ2n) is 6.76. The van der Waals surface area contributed by atoms with Crippen LogP contribution in [0.15, 0.2) is 12.2 Å². The maximum Gasteiger partial charge on any atom is 0.303 e. The third-order valence-corrected chi connectivity index (χ3v) is 4.65. The molecule has 2 N–H and O–H groups in total. The molecule has 0 aromatic carbocycles. The van der Waals surface area contributed by atoms with Crippen molar-refractivity contribution < 1.29 is 19.7 Å². The Morgan fingerprint density at radius 1 is 1.17 bits per heavy atom.